The number of aromatic amines is 1. The SMILES string of the molecule is CNC(=O)c1cc(F)cc(OC2CCN(CC(CC#N)n3cc(-c4ncnc5[nH]ccc45)cn3)CC2)c1. The highest BCUT2D eigenvalue weighted by Gasteiger charge is 2.25. The molecule has 1 saturated heterocycles. The Kier molecular flexibility index (Phi) is 7.09. The maximum atomic E-state index is 14.0. The van der Waals surface area contributed by atoms with Gasteiger partial charge in [0.2, 0.25) is 0 Å². The first kappa shape index (κ1) is 24.4. The summed E-state index contributed by atoms with van der Waals surface area (Å²) in [6.07, 6.45) is 8.80. The number of hydrogen-bond donors (Lipinski definition) is 2. The number of nitrogens with zero attached hydrogens (tertiary/aromatic N) is 6. The van der Waals surface area contributed by atoms with Crippen molar-refractivity contribution in [3.05, 3.63) is 60.6 Å². The Balaban J connectivity index is 1.22. The van der Waals surface area contributed by atoms with E-state index in [9.17, 15) is 14.4 Å². The number of benzene rings is 1. The third kappa shape index (κ3) is 5.44. The molecule has 1 aromatic carbocycles. The van der Waals surface area contributed by atoms with Crippen molar-refractivity contribution in [1.29, 1.82) is 5.26 Å². The van der Waals surface area contributed by atoms with Crippen LogP contribution in [-0.2, 0) is 0 Å². The molecular weight excluding hydrogens is 475 g/mol. The quantitative estimate of drug-likeness (QED) is 0.379. The maximum Gasteiger partial charge on any atom is 0.251 e. The lowest BCUT2D eigenvalue weighted by molar-refractivity contribution is 0.0901. The van der Waals surface area contributed by atoms with E-state index >= 15 is 0 Å². The van der Waals surface area contributed by atoms with Crippen LogP contribution >= 0.6 is 0 Å². The van der Waals surface area contributed by atoms with Crippen molar-refractivity contribution in [2.24, 2.45) is 0 Å². The number of piperidine rings is 1. The van der Waals surface area contributed by atoms with Crippen molar-refractivity contribution >= 4 is 16.9 Å². The molecule has 190 valence electrons. The Morgan fingerprint density at radius 3 is 2.95 bits per heavy atom. The highest BCUT2D eigenvalue weighted by Crippen LogP contribution is 2.27. The van der Waals surface area contributed by atoms with Crippen LogP contribution in [0.1, 0.15) is 35.7 Å². The molecule has 4 heterocycles. The van der Waals surface area contributed by atoms with Crippen molar-refractivity contribution in [1.82, 2.24) is 34.9 Å². The summed E-state index contributed by atoms with van der Waals surface area (Å²) in [5.41, 5.74) is 2.66. The van der Waals surface area contributed by atoms with Gasteiger partial charge in [0.25, 0.3) is 5.91 Å². The molecule has 1 amide bonds. The van der Waals surface area contributed by atoms with E-state index in [1.807, 2.05) is 23.1 Å². The van der Waals surface area contributed by atoms with Gasteiger partial charge in [-0.25, -0.2) is 14.4 Å². The van der Waals surface area contributed by atoms with Crippen LogP contribution in [0.5, 0.6) is 5.75 Å². The van der Waals surface area contributed by atoms with Gasteiger partial charge >= 0.3 is 0 Å². The zero-order valence-corrected chi connectivity index (χ0v) is 20.4. The molecule has 0 aliphatic carbocycles. The van der Waals surface area contributed by atoms with Gasteiger partial charge < -0.3 is 19.9 Å². The van der Waals surface area contributed by atoms with Gasteiger partial charge in [-0.2, -0.15) is 10.4 Å². The molecule has 1 aliphatic heterocycles. The Labute approximate surface area is 213 Å². The summed E-state index contributed by atoms with van der Waals surface area (Å²) in [6.45, 7) is 2.22. The van der Waals surface area contributed by atoms with Crippen LogP contribution in [0.2, 0.25) is 0 Å². The van der Waals surface area contributed by atoms with Crippen molar-refractivity contribution in [3.63, 3.8) is 0 Å². The number of nitrogens with one attached hydrogen (secondary N) is 2. The van der Waals surface area contributed by atoms with Gasteiger partial charge in [-0.15, -0.1) is 0 Å². The fourth-order valence-electron chi connectivity index (χ4n) is 4.72. The molecule has 4 aromatic rings. The largest absolute Gasteiger partial charge is 0.490 e. The minimum absolute atomic E-state index is 0.0807. The number of ether oxygens (including phenoxy) is 1. The molecule has 3 aromatic heterocycles. The number of H-pyrrole nitrogens is 1. The van der Waals surface area contributed by atoms with E-state index in [4.69, 9.17) is 4.74 Å². The van der Waals surface area contributed by atoms with E-state index in [0.717, 1.165) is 48.2 Å². The summed E-state index contributed by atoms with van der Waals surface area (Å²) in [5.74, 6) is -0.517. The topological polar surface area (TPSA) is 125 Å². The summed E-state index contributed by atoms with van der Waals surface area (Å²) >= 11 is 0. The summed E-state index contributed by atoms with van der Waals surface area (Å²) in [4.78, 5) is 25.9. The summed E-state index contributed by atoms with van der Waals surface area (Å²) < 4.78 is 21.8. The van der Waals surface area contributed by atoms with E-state index in [2.05, 4.69) is 36.3 Å². The number of fused-ring (bicyclic) bond motifs is 1. The molecular formula is C26H27FN8O2. The number of nitriles is 1. The normalized spacial score (nSPS) is 15.4. The van der Waals surface area contributed by atoms with Crippen LogP contribution < -0.4 is 10.1 Å². The van der Waals surface area contributed by atoms with Crippen molar-refractivity contribution in [3.8, 4) is 23.1 Å². The van der Waals surface area contributed by atoms with Gasteiger partial charge in [0.1, 0.15) is 29.6 Å². The molecule has 1 unspecified atom stereocenters. The first-order valence-electron chi connectivity index (χ1n) is 12.2. The number of carbonyl (C=O) groups is 1. The minimum Gasteiger partial charge on any atom is -0.490 e. The lowest BCUT2D eigenvalue weighted by Crippen LogP contribution is -2.41. The molecule has 0 saturated carbocycles. The van der Waals surface area contributed by atoms with Crippen LogP contribution in [0.4, 0.5) is 4.39 Å². The molecule has 11 heteroatoms. The van der Waals surface area contributed by atoms with Gasteiger partial charge in [-0.05, 0) is 31.0 Å². The Morgan fingerprint density at radius 1 is 1.32 bits per heavy atom. The fourth-order valence-corrected chi connectivity index (χ4v) is 4.72. The summed E-state index contributed by atoms with van der Waals surface area (Å²) in [5, 5.41) is 17.4. The number of carbonyl (C=O) groups excluding carboxylic acids is 1. The van der Waals surface area contributed by atoms with Crippen LogP contribution in [0.25, 0.3) is 22.3 Å². The van der Waals surface area contributed by atoms with Crippen molar-refractivity contribution < 1.29 is 13.9 Å². The molecule has 37 heavy (non-hydrogen) atoms. The second kappa shape index (κ2) is 10.8. The first-order chi connectivity index (χ1) is 18.0. The Bertz CT molecular complexity index is 1430. The van der Waals surface area contributed by atoms with Gasteiger partial charge in [-0.1, -0.05) is 0 Å². The van der Waals surface area contributed by atoms with E-state index in [1.54, 1.807) is 12.3 Å². The van der Waals surface area contributed by atoms with Gasteiger partial charge in [0.05, 0.1) is 30.4 Å². The predicted octanol–water partition coefficient (Wildman–Crippen LogP) is 3.32. The van der Waals surface area contributed by atoms with Crippen LogP contribution in [0, 0.1) is 17.1 Å². The average Bonchev–Trinajstić information content (AvgIpc) is 3.59. The predicted molar refractivity (Wildman–Crippen MR) is 134 cm³/mol. The third-order valence-corrected chi connectivity index (χ3v) is 6.60. The second-order valence-electron chi connectivity index (χ2n) is 9.06. The standard InChI is InChI=1S/C26H27FN8O2/c1-29-26(36)17-10-19(27)12-22(11-17)37-21-4-8-34(9-5-21)15-20(2-6-28)35-14-18(13-33-35)24-23-3-7-30-25(23)32-16-31-24/h3,7,10-14,16,20-21H,2,4-5,8-9,15H2,1H3,(H,29,36)(H,30,31,32). The molecule has 0 radical (unpaired) electrons. The molecule has 1 fully saturated rings. The maximum absolute atomic E-state index is 14.0. The number of hydrogen-bond acceptors (Lipinski definition) is 7. The van der Waals surface area contributed by atoms with Crippen molar-refractivity contribution in [2.75, 3.05) is 26.7 Å². The molecule has 10 nitrogen and oxygen atoms in total. The van der Waals surface area contributed by atoms with Crippen LogP contribution in [0.15, 0.2) is 49.2 Å². The first-order valence-corrected chi connectivity index (χ1v) is 12.2. The highest BCUT2D eigenvalue weighted by atomic mass is 19.1. The molecule has 1 atom stereocenters. The van der Waals surface area contributed by atoms with Gasteiger partial charge in [0.15, 0.2) is 0 Å². The van der Waals surface area contributed by atoms with E-state index < -0.39 is 5.82 Å². The van der Waals surface area contributed by atoms with Gasteiger partial charge in [0, 0.05) is 61.7 Å². The smallest absolute Gasteiger partial charge is 0.251 e. The van der Waals surface area contributed by atoms with Crippen LogP contribution in [-0.4, -0.2) is 68.3 Å². The molecule has 1 aliphatic rings. The summed E-state index contributed by atoms with van der Waals surface area (Å²) in [7, 11) is 1.50. The van der Waals surface area contributed by atoms with Gasteiger partial charge in [-0.3, -0.25) is 9.48 Å². The molecule has 0 bridgehead atoms. The number of rotatable bonds is 8. The van der Waals surface area contributed by atoms with E-state index in [-0.39, 0.29) is 23.6 Å². The number of halogens is 1. The fraction of sp³-hybridized carbons (Fsp3) is 0.346. The second-order valence-corrected chi connectivity index (χ2v) is 9.06. The monoisotopic (exact) mass is 502 g/mol. The van der Waals surface area contributed by atoms with E-state index in [1.165, 1.54) is 25.5 Å². The summed E-state index contributed by atoms with van der Waals surface area (Å²) in [6, 6.07) is 8.16. The number of aromatic nitrogens is 5. The minimum atomic E-state index is -0.509. The Morgan fingerprint density at radius 2 is 2.16 bits per heavy atom. The molecule has 0 spiro atoms. The lowest BCUT2D eigenvalue weighted by Gasteiger charge is -2.34. The number of amides is 1. The zero-order valence-electron chi connectivity index (χ0n) is 20.4. The van der Waals surface area contributed by atoms with E-state index in [0.29, 0.717) is 18.7 Å². The number of likely N-dealkylation sites (tertiary alicyclic amines) is 1. The third-order valence-electron chi connectivity index (χ3n) is 6.60. The Hall–Kier alpha value is -4.30. The van der Waals surface area contributed by atoms with Crippen molar-refractivity contribution in [2.45, 2.75) is 31.4 Å². The average molecular weight is 503 g/mol. The molecule has 2 N–H and O–H groups in total. The zero-order chi connectivity index (χ0) is 25.8. The van der Waals surface area contributed by atoms with Crippen LogP contribution in [0.3, 0.4) is 0 Å². The molecule has 5 rings (SSSR count). The lowest BCUT2D eigenvalue weighted by atomic mass is 10.1. The highest BCUT2D eigenvalue weighted by molar-refractivity contribution is 5.94.